The van der Waals surface area contributed by atoms with E-state index in [2.05, 4.69) is 6.07 Å². The Morgan fingerprint density at radius 2 is 2.31 bits per heavy atom. The molecule has 3 heteroatoms. The summed E-state index contributed by atoms with van der Waals surface area (Å²) < 4.78 is 5.08. The standard InChI is InChI=1S/C10H9NOS/c11-5-8-2-1-3-9(4-8)13-10-6-12-7-10/h1-4,10H,6-7H2. The predicted octanol–water partition coefficient (Wildman–Crippen LogP) is 2.05. The maximum atomic E-state index is 8.68. The van der Waals surface area contributed by atoms with Gasteiger partial charge in [0.15, 0.2) is 0 Å². The van der Waals surface area contributed by atoms with E-state index in [1.807, 2.05) is 24.3 Å². The van der Waals surface area contributed by atoms with E-state index in [0.29, 0.717) is 5.25 Å². The summed E-state index contributed by atoms with van der Waals surface area (Å²) in [4.78, 5) is 1.16. The molecular weight excluding hydrogens is 182 g/mol. The highest BCUT2D eigenvalue weighted by Crippen LogP contribution is 2.28. The van der Waals surface area contributed by atoms with Crippen molar-refractivity contribution >= 4 is 11.8 Å². The van der Waals surface area contributed by atoms with Crippen LogP contribution in [0.1, 0.15) is 5.56 Å². The predicted molar refractivity (Wildman–Crippen MR) is 51.6 cm³/mol. The molecule has 0 amide bonds. The zero-order valence-corrected chi connectivity index (χ0v) is 7.88. The van der Waals surface area contributed by atoms with Crippen LogP contribution in [-0.4, -0.2) is 18.5 Å². The fraction of sp³-hybridized carbons (Fsp3) is 0.300. The molecule has 13 heavy (non-hydrogen) atoms. The van der Waals surface area contributed by atoms with Crippen molar-refractivity contribution in [3.05, 3.63) is 29.8 Å². The number of hydrogen-bond acceptors (Lipinski definition) is 3. The smallest absolute Gasteiger partial charge is 0.0992 e. The second-order valence-electron chi connectivity index (χ2n) is 2.92. The number of thioether (sulfide) groups is 1. The van der Waals surface area contributed by atoms with Crippen molar-refractivity contribution in [1.82, 2.24) is 0 Å². The molecule has 0 saturated carbocycles. The molecule has 1 aromatic carbocycles. The molecule has 1 heterocycles. The van der Waals surface area contributed by atoms with Crippen LogP contribution in [0.3, 0.4) is 0 Å². The van der Waals surface area contributed by atoms with Crippen LogP contribution >= 0.6 is 11.8 Å². The van der Waals surface area contributed by atoms with Gasteiger partial charge in [0.05, 0.1) is 30.1 Å². The minimum Gasteiger partial charge on any atom is -0.379 e. The molecule has 0 bridgehead atoms. The minimum absolute atomic E-state index is 0.578. The molecule has 1 aliphatic heterocycles. The second kappa shape index (κ2) is 3.82. The number of hydrogen-bond donors (Lipinski definition) is 0. The van der Waals surface area contributed by atoms with Gasteiger partial charge in [0.2, 0.25) is 0 Å². The van der Waals surface area contributed by atoms with Crippen LogP contribution in [0.25, 0.3) is 0 Å². The van der Waals surface area contributed by atoms with Gasteiger partial charge in [0.25, 0.3) is 0 Å². The summed E-state index contributed by atoms with van der Waals surface area (Å²) in [6.45, 7) is 1.67. The van der Waals surface area contributed by atoms with Gasteiger partial charge < -0.3 is 4.74 Å². The fourth-order valence-electron chi connectivity index (χ4n) is 1.11. The molecule has 0 spiro atoms. The molecule has 1 aromatic rings. The van der Waals surface area contributed by atoms with Gasteiger partial charge in [-0.1, -0.05) is 6.07 Å². The van der Waals surface area contributed by atoms with Crippen LogP contribution in [0.15, 0.2) is 29.2 Å². The molecule has 0 N–H and O–H groups in total. The van der Waals surface area contributed by atoms with Crippen LogP contribution < -0.4 is 0 Å². The lowest BCUT2D eigenvalue weighted by molar-refractivity contribution is 0.0455. The van der Waals surface area contributed by atoms with Crippen molar-refractivity contribution in [2.45, 2.75) is 10.1 Å². The first kappa shape index (κ1) is 8.61. The highest BCUT2D eigenvalue weighted by Gasteiger charge is 2.19. The first-order valence-corrected chi connectivity index (χ1v) is 5.01. The zero-order chi connectivity index (χ0) is 9.10. The van der Waals surface area contributed by atoms with Crippen molar-refractivity contribution in [3.8, 4) is 6.07 Å². The van der Waals surface area contributed by atoms with Crippen LogP contribution in [0.4, 0.5) is 0 Å². The Labute approximate surface area is 81.5 Å². The van der Waals surface area contributed by atoms with Gasteiger partial charge in [-0.05, 0) is 18.2 Å². The zero-order valence-electron chi connectivity index (χ0n) is 7.06. The molecule has 0 atom stereocenters. The number of rotatable bonds is 2. The molecule has 1 aliphatic rings. The van der Waals surface area contributed by atoms with Gasteiger partial charge in [-0.15, -0.1) is 11.8 Å². The Balaban J connectivity index is 2.07. The number of benzene rings is 1. The second-order valence-corrected chi connectivity index (χ2v) is 4.29. The van der Waals surface area contributed by atoms with Crippen molar-refractivity contribution in [2.75, 3.05) is 13.2 Å². The van der Waals surface area contributed by atoms with E-state index in [1.54, 1.807) is 11.8 Å². The van der Waals surface area contributed by atoms with E-state index in [-0.39, 0.29) is 0 Å². The largest absolute Gasteiger partial charge is 0.379 e. The molecule has 66 valence electrons. The summed E-state index contributed by atoms with van der Waals surface area (Å²) >= 11 is 1.78. The number of ether oxygens (including phenoxy) is 1. The maximum absolute atomic E-state index is 8.68. The van der Waals surface area contributed by atoms with E-state index in [0.717, 1.165) is 23.7 Å². The van der Waals surface area contributed by atoms with Gasteiger partial charge in [-0.2, -0.15) is 5.26 Å². The average Bonchev–Trinajstić information content (AvgIpc) is 2.12. The maximum Gasteiger partial charge on any atom is 0.0992 e. The highest BCUT2D eigenvalue weighted by atomic mass is 32.2. The van der Waals surface area contributed by atoms with Crippen molar-refractivity contribution in [1.29, 1.82) is 5.26 Å². The van der Waals surface area contributed by atoms with Crippen LogP contribution in [0.2, 0.25) is 0 Å². The van der Waals surface area contributed by atoms with Gasteiger partial charge in [0, 0.05) is 4.90 Å². The molecule has 1 fully saturated rings. The Bertz CT molecular complexity index is 341. The van der Waals surface area contributed by atoms with Crippen LogP contribution in [0.5, 0.6) is 0 Å². The third kappa shape index (κ3) is 2.03. The minimum atomic E-state index is 0.578. The van der Waals surface area contributed by atoms with Gasteiger partial charge in [-0.3, -0.25) is 0 Å². The molecule has 1 saturated heterocycles. The summed E-state index contributed by atoms with van der Waals surface area (Å²) in [6.07, 6.45) is 0. The third-order valence-corrected chi connectivity index (χ3v) is 3.00. The van der Waals surface area contributed by atoms with Gasteiger partial charge in [0.1, 0.15) is 0 Å². The van der Waals surface area contributed by atoms with Crippen molar-refractivity contribution in [3.63, 3.8) is 0 Å². The van der Waals surface area contributed by atoms with E-state index in [9.17, 15) is 0 Å². The average molecular weight is 191 g/mol. The van der Waals surface area contributed by atoms with Crippen LogP contribution in [0, 0.1) is 11.3 Å². The van der Waals surface area contributed by atoms with Crippen molar-refractivity contribution in [2.24, 2.45) is 0 Å². The molecule has 0 aromatic heterocycles. The number of nitrogens with zero attached hydrogens (tertiary/aromatic N) is 1. The Morgan fingerprint density at radius 3 is 2.92 bits per heavy atom. The first-order valence-electron chi connectivity index (χ1n) is 4.13. The van der Waals surface area contributed by atoms with Gasteiger partial charge >= 0.3 is 0 Å². The van der Waals surface area contributed by atoms with Crippen molar-refractivity contribution < 1.29 is 4.74 Å². The monoisotopic (exact) mass is 191 g/mol. The summed E-state index contributed by atoms with van der Waals surface area (Å²) in [6, 6.07) is 9.82. The molecule has 0 aliphatic carbocycles. The van der Waals surface area contributed by atoms with E-state index in [4.69, 9.17) is 10.00 Å². The van der Waals surface area contributed by atoms with E-state index >= 15 is 0 Å². The molecule has 0 unspecified atom stereocenters. The SMILES string of the molecule is N#Cc1cccc(SC2COC2)c1. The quantitative estimate of drug-likeness (QED) is 0.717. The van der Waals surface area contributed by atoms with Gasteiger partial charge in [-0.25, -0.2) is 0 Å². The lowest BCUT2D eigenvalue weighted by Gasteiger charge is -2.25. The third-order valence-electron chi connectivity index (χ3n) is 1.87. The van der Waals surface area contributed by atoms with Crippen LogP contribution in [-0.2, 0) is 4.74 Å². The molecule has 2 nitrogen and oxygen atoms in total. The summed E-state index contributed by atoms with van der Waals surface area (Å²) in [5.41, 5.74) is 0.727. The van der Waals surface area contributed by atoms with E-state index in [1.165, 1.54) is 0 Å². The summed E-state index contributed by atoms with van der Waals surface area (Å²) in [7, 11) is 0. The lowest BCUT2D eigenvalue weighted by atomic mass is 10.2. The Kier molecular flexibility index (Phi) is 2.53. The Morgan fingerprint density at radius 1 is 1.46 bits per heavy atom. The summed E-state index contributed by atoms with van der Waals surface area (Å²) in [5.74, 6) is 0. The normalized spacial score (nSPS) is 16.2. The van der Waals surface area contributed by atoms with E-state index < -0.39 is 0 Å². The number of nitriles is 1. The molecule has 2 rings (SSSR count). The fourth-order valence-corrected chi connectivity index (χ4v) is 2.18. The highest BCUT2D eigenvalue weighted by molar-refractivity contribution is 8.00. The summed E-state index contributed by atoms with van der Waals surface area (Å²) in [5, 5.41) is 9.26. The Hall–Kier alpha value is -0.980. The molecule has 0 radical (unpaired) electrons. The topological polar surface area (TPSA) is 33.0 Å². The lowest BCUT2D eigenvalue weighted by Crippen LogP contribution is -2.29. The first-order chi connectivity index (χ1) is 6.38. The molecular formula is C10H9NOS.